The number of hydrogen-bond donors (Lipinski definition) is 3. The van der Waals surface area contributed by atoms with Crippen LogP contribution < -0.4 is 10.6 Å². The van der Waals surface area contributed by atoms with Crippen LogP contribution in [0.3, 0.4) is 0 Å². The van der Waals surface area contributed by atoms with E-state index < -0.39 is 12.0 Å². The molecule has 0 aliphatic heterocycles. The second-order valence-electron chi connectivity index (χ2n) is 6.32. The Morgan fingerprint density at radius 3 is 2.44 bits per heavy atom. The number of rotatable bonds is 8. The molecule has 0 saturated heterocycles. The fraction of sp³-hybridized carbons (Fsp3) is 0.500. The van der Waals surface area contributed by atoms with Gasteiger partial charge in [0.2, 0.25) is 5.91 Å². The van der Waals surface area contributed by atoms with E-state index in [4.69, 9.17) is 12.2 Å². The molecular weight excluding hydrogens is 338 g/mol. The number of aliphatic carboxylic acids is 1. The molecule has 0 fully saturated rings. The van der Waals surface area contributed by atoms with E-state index in [2.05, 4.69) is 10.6 Å². The van der Waals surface area contributed by atoms with Gasteiger partial charge in [0.1, 0.15) is 6.04 Å². The molecule has 0 radical (unpaired) electrons. The Hall–Kier alpha value is -2.15. The van der Waals surface area contributed by atoms with Gasteiger partial charge < -0.3 is 20.6 Å². The number of carbonyl (C=O) groups is 2. The molecule has 0 aromatic heterocycles. The Labute approximate surface area is 154 Å². The molecule has 0 spiro atoms. The fourth-order valence-electron chi connectivity index (χ4n) is 2.56. The van der Waals surface area contributed by atoms with Crippen LogP contribution in [0.25, 0.3) is 0 Å². The molecule has 1 aromatic carbocycles. The second kappa shape index (κ2) is 9.98. The van der Waals surface area contributed by atoms with Crippen molar-refractivity contribution in [2.75, 3.05) is 13.6 Å². The maximum absolute atomic E-state index is 12.2. The lowest BCUT2D eigenvalue weighted by molar-refractivity contribution is -0.150. The van der Waals surface area contributed by atoms with Crippen molar-refractivity contribution >= 4 is 29.2 Å². The van der Waals surface area contributed by atoms with Crippen molar-refractivity contribution in [3.63, 3.8) is 0 Å². The summed E-state index contributed by atoms with van der Waals surface area (Å²) in [5.41, 5.74) is 2.34. The summed E-state index contributed by atoms with van der Waals surface area (Å²) in [6, 6.07) is 7.21. The maximum atomic E-state index is 12.2. The normalized spacial score (nSPS) is 11.7. The fourth-order valence-corrected chi connectivity index (χ4v) is 2.73. The lowest BCUT2D eigenvalue weighted by atomic mass is 10.0. The van der Waals surface area contributed by atoms with Crippen molar-refractivity contribution in [1.29, 1.82) is 0 Å². The van der Waals surface area contributed by atoms with Gasteiger partial charge in [-0.2, -0.15) is 0 Å². The average Bonchev–Trinajstić information content (AvgIpc) is 2.53. The lowest BCUT2D eigenvalue weighted by Crippen LogP contribution is -2.46. The van der Waals surface area contributed by atoms with Crippen LogP contribution in [0.4, 0.5) is 0 Å². The van der Waals surface area contributed by atoms with Crippen molar-refractivity contribution in [2.45, 2.75) is 39.8 Å². The summed E-state index contributed by atoms with van der Waals surface area (Å²) in [4.78, 5) is 24.7. The summed E-state index contributed by atoms with van der Waals surface area (Å²) < 4.78 is 0. The highest BCUT2D eigenvalue weighted by Gasteiger charge is 2.28. The van der Waals surface area contributed by atoms with E-state index in [9.17, 15) is 14.7 Å². The second-order valence-corrected chi connectivity index (χ2v) is 6.73. The van der Waals surface area contributed by atoms with E-state index in [0.717, 1.165) is 5.56 Å². The molecule has 3 N–H and O–H groups in total. The summed E-state index contributed by atoms with van der Waals surface area (Å²) in [6.07, 6.45) is 0.180. The number of thiocarbonyl (C=S) groups is 1. The van der Waals surface area contributed by atoms with E-state index in [1.165, 1.54) is 17.5 Å². The Kier molecular flexibility index (Phi) is 8.34. The van der Waals surface area contributed by atoms with Crippen LogP contribution in [-0.4, -0.2) is 46.6 Å². The molecule has 6 nitrogen and oxygen atoms in total. The molecule has 7 heteroatoms. The van der Waals surface area contributed by atoms with Crippen LogP contribution in [0.1, 0.15) is 31.4 Å². The van der Waals surface area contributed by atoms with Crippen molar-refractivity contribution in [2.24, 2.45) is 5.92 Å². The Morgan fingerprint density at radius 1 is 1.24 bits per heavy atom. The third-order valence-corrected chi connectivity index (χ3v) is 4.31. The highest BCUT2D eigenvalue weighted by atomic mass is 32.1. The van der Waals surface area contributed by atoms with E-state index >= 15 is 0 Å². The lowest BCUT2D eigenvalue weighted by Gasteiger charge is -2.27. The van der Waals surface area contributed by atoms with Crippen LogP contribution in [0.15, 0.2) is 24.3 Å². The van der Waals surface area contributed by atoms with E-state index in [0.29, 0.717) is 18.2 Å². The molecule has 25 heavy (non-hydrogen) atoms. The molecule has 1 rings (SSSR count). The molecule has 138 valence electrons. The van der Waals surface area contributed by atoms with Gasteiger partial charge in [-0.25, -0.2) is 4.79 Å². The highest BCUT2D eigenvalue weighted by Crippen LogP contribution is 2.10. The predicted molar refractivity (Wildman–Crippen MR) is 102 cm³/mol. The molecular formula is C18H27N3O3S. The first kappa shape index (κ1) is 20.9. The smallest absolute Gasteiger partial charge is 0.326 e. The summed E-state index contributed by atoms with van der Waals surface area (Å²) in [5, 5.41) is 15.8. The number of benzene rings is 1. The zero-order valence-electron chi connectivity index (χ0n) is 15.2. The van der Waals surface area contributed by atoms with Gasteiger partial charge in [0.15, 0.2) is 5.11 Å². The van der Waals surface area contributed by atoms with Gasteiger partial charge >= 0.3 is 5.97 Å². The van der Waals surface area contributed by atoms with Crippen molar-refractivity contribution in [3.05, 3.63) is 35.4 Å². The number of carboxylic acids is 1. The molecule has 0 aliphatic carbocycles. The first-order chi connectivity index (χ1) is 11.7. The number of nitrogens with zero attached hydrogens (tertiary/aromatic N) is 1. The molecule has 1 amide bonds. The minimum absolute atomic E-state index is 0.156. The standard InChI is InChI=1S/C18H27N3O3S/c1-12(2)16(17(23)24)21(4)15(22)9-10-19-18(25)20-11-14-8-6-5-7-13(14)3/h5-8,12,16H,9-11H2,1-4H3,(H,23,24)(H2,19,20,25). The number of amides is 1. The largest absolute Gasteiger partial charge is 0.480 e. The van der Waals surface area contributed by atoms with Gasteiger partial charge in [0, 0.05) is 26.6 Å². The van der Waals surface area contributed by atoms with E-state index in [1.807, 2.05) is 31.2 Å². The quantitative estimate of drug-likeness (QED) is 0.611. The van der Waals surface area contributed by atoms with Gasteiger partial charge in [0.25, 0.3) is 0 Å². The minimum atomic E-state index is -0.991. The first-order valence-corrected chi connectivity index (χ1v) is 8.69. The minimum Gasteiger partial charge on any atom is -0.480 e. The molecule has 0 saturated carbocycles. The van der Waals surface area contributed by atoms with Crippen molar-refractivity contribution < 1.29 is 14.7 Å². The SMILES string of the molecule is Cc1ccccc1CNC(=S)NCCC(=O)N(C)C(C(=O)O)C(C)C. The summed E-state index contributed by atoms with van der Waals surface area (Å²) in [6.45, 7) is 6.57. The number of carbonyl (C=O) groups excluding carboxylic acids is 1. The van der Waals surface area contributed by atoms with Crippen LogP contribution in [0.5, 0.6) is 0 Å². The maximum Gasteiger partial charge on any atom is 0.326 e. The number of carboxylic acid groups (broad SMARTS) is 1. The van der Waals surface area contributed by atoms with Gasteiger partial charge in [0.05, 0.1) is 0 Å². The Bertz CT molecular complexity index is 619. The third kappa shape index (κ3) is 6.70. The van der Waals surface area contributed by atoms with E-state index in [-0.39, 0.29) is 18.2 Å². The average molecular weight is 365 g/mol. The number of aryl methyl sites for hydroxylation is 1. The molecule has 0 heterocycles. The summed E-state index contributed by atoms with van der Waals surface area (Å²) >= 11 is 5.21. The Morgan fingerprint density at radius 2 is 1.88 bits per heavy atom. The van der Waals surface area contributed by atoms with Gasteiger partial charge in [-0.15, -0.1) is 0 Å². The molecule has 0 aliphatic rings. The number of nitrogens with one attached hydrogen (secondary N) is 2. The number of likely N-dealkylation sites (N-methyl/N-ethyl adjacent to an activating group) is 1. The monoisotopic (exact) mass is 365 g/mol. The molecule has 1 atom stereocenters. The van der Waals surface area contributed by atoms with Crippen LogP contribution in [0.2, 0.25) is 0 Å². The number of hydrogen-bond acceptors (Lipinski definition) is 3. The Balaban J connectivity index is 2.38. The van der Waals surface area contributed by atoms with Gasteiger partial charge in [-0.05, 0) is 36.2 Å². The van der Waals surface area contributed by atoms with Gasteiger partial charge in [-0.3, -0.25) is 4.79 Å². The van der Waals surface area contributed by atoms with Crippen LogP contribution in [-0.2, 0) is 16.1 Å². The zero-order chi connectivity index (χ0) is 19.0. The van der Waals surface area contributed by atoms with E-state index in [1.54, 1.807) is 13.8 Å². The predicted octanol–water partition coefficient (Wildman–Crippen LogP) is 1.92. The molecule has 1 aromatic rings. The summed E-state index contributed by atoms with van der Waals surface area (Å²) in [7, 11) is 1.52. The molecule has 1 unspecified atom stereocenters. The topological polar surface area (TPSA) is 81.7 Å². The summed E-state index contributed by atoms with van der Waals surface area (Å²) in [5.74, 6) is -1.37. The zero-order valence-corrected chi connectivity index (χ0v) is 16.0. The van der Waals surface area contributed by atoms with Crippen LogP contribution >= 0.6 is 12.2 Å². The van der Waals surface area contributed by atoms with Crippen molar-refractivity contribution in [1.82, 2.24) is 15.5 Å². The van der Waals surface area contributed by atoms with Gasteiger partial charge in [-0.1, -0.05) is 38.1 Å². The third-order valence-electron chi connectivity index (χ3n) is 4.02. The van der Waals surface area contributed by atoms with Crippen molar-refractivity contribution in [3.8, 4) is 0 Å². The molecule has 0 bridgehead atoms. The highest BCUT2D eigenvalue weighted by molar-refractivity contribution is 7.80. The van der Waals surface area contributed by atoms with Crippen LogP contribution in [0, 0.1) is 12.8 Å². The first-order valence-electron chi connectivity index (χ1n) is 8.28.